The predicted molar refractivity (Wildman–Crippen MR) is 104 cm³/mol. The third kappa shape index (κ3) is 2.48. The van der Waals surface area contributed by atoms with E-state index >= 15 is 0 Å². The Bertz CT molecular complexity index is 1220. The van der Waals surface area contributed by atoms with Crippen LogP contribution in [0.15, 0.2) is 70.6 Å². The molecule has 5 rings (SSSR count). The number of amides is 1. The molecular weight excluding hydrogens is 346 g/mol. The number of nitrogens with one attached hydrogen (secondary N) is 2. The van der Waals surface area contributed by atoms with Crippen LogP contribution < -0.4 is 5.32 Å². The molecule has 5 aromatic rings. The molecule has 0 unspecified atom stereocenters. The van der Waals surface area contributed by atoms with Gasteiger partial charge in [0.05, 0.1) is 5.56 Å². The fraction of sp³-hybridized carbons (Fsp3) is 0. The largest absolute Gasteiger partial charge is 0.454 e. The number of carbonyl (C=O) groups excluding carboxylic acids is 1. The van der Waals surface area contributed by atoms with Crippen LogP contribution in [-0.2, 0) is 0 Å². The topological polar surface area (TPSA) is 70.9 Å². The molecule has 6 heteroatoms. The smallest absolute Gasteiger partial charge is 0.259 e. The summed E-state index contributed by atoms with van der Waals surface area (Å²) in [5.41, 5.74) is 3.06. The number of aromatic amines is 1. The fourth-order valence-electron chi connectivity index (χ4n) is 2.98. The summed E-state index contributed by atoms with van der Waals surface area (Å²) >= 11 is 1.37. The maximum absolute atomic E-state index is 12.6. The molecule has 0 aliphatic carbocycles. The second-order valence-electron chi connectivity index (χ2n) is 5.89. The Morgan fingerprint density at radius 2 is 1.96 bits per heavy atom. The maximum atomic E-state index is 12.6. The highest BCUT2D eigenvalue weighted by atomic mass is 32.1. The van der Waals surface area contributed by atoms with Crippen LogP contribution in [0.25, 0.3) is 33.3 Å². The van der Waals surface area contributed by atoms with Gasteiger partial charge in [0.1, 0.15) is 11.3 Å². The van der Waals surface area contributed by atoms with Crippen molar-refractivity contribution in [3.05, 3.63) is 71.7 Å². The van der Waals surface area contributed by atoms with E-state index in [0.717, 1.165) is 21.9 Å². The normalized spacial score (nSPS) is 11.2. The van der Waals surface area contributed by atoms with E-state index in [1.807, 2.05) is 60.0 Å². The number of fused-ring (bicyclic) bond motifs is 2. The van der Waals surface area contributed by atoms with Crippen molar-refractivity contribution < 1.29 is 9.21 Å². The van der Waals surface area contributed by atoms with Crippen molar-refractivity contribution in [3.63, 3.8) is 0 Å². The Labute approximate surface area is 152 Å². The average molecular weight is 359 g/mol. The molecular formula is C20H13N3O2S. The van der Waals surface area contributed by atoms with Gasteiger partial charge in [-0.25, -0.2) is 4.98 Å². The Morgan fingerprint density at radius 1 is 1.12 bits per heavy atom. The zero-order valence-corrected chi connectivity index (χ0v) is 14.3. The van der Waals surface area contributed by atoms with Crippen molar-refractivity contribution in [1.29, 1.82) is 0 Å². The highest BCUT2D eigenvalue weighted by Crippen LogP contribution is 2.30. The number of nitrogens with zero attached hydrogens (tertiary/aromatic N) is 1. The van der Waals surface area contributed by atoms with Gasteiger partial charge >= 0.3 is 0 Å². The molecule has 26 heavy (non-hydrogen) atoms. The van der Waals surface area contributed by atoms with Crippen molar-refractivity contribution in [1.82, 2.24) is 9.97 Å². The minimum Gasteiger partial charge on any atom is -0.454 e. The van der Waals surface area contributed by atoms with E-state index < -0.39 is 0 Å². The van der Waals surface area contributed by atoms with Gasteiger partial charge in [0.2, 0.25) is 0 Å². The van der Waals surface area contributed by atoms with Crippen LogP contribution in [0.1, 0.15) is 10.4 Å². The number of thiazole rings is 1. The maximum Gasteiger partial charge on any atom is 0.259 e. The first-order chi connectivity index (χ1) is 12.8. The molecule has 0 atom stereocenters. The lowest BCUT2D eigenvalue weighted by Crippen LogP contribution is -2.11. The van der Waals surface area contributed by atoms with Crippen molar-refractivity contribution in [2.24, 2.45) is 0 Å². The SMILES string of the molecule is O=C(Nc1nc(-c2cc3ccccc3o2)cs1)c1c[nH]c2ccccc12. The Hall–Kier alpha value is -3.38. The van der Waals surface area contributed by atoms with Crippen LogP contribution in [0.3, 0.4) is 0 Å². The summed E-state index contributed by atoms with van der Waals surface area (Å²) in [4.78, 5) is 20.2. The Kier molecular flexibility index (Phi) is 3.36. The van der Waals surface area contributed by atoms with E-state index in [0.29, 0.717) is 22.1 Å². The monoisotopic (exact) mass is 359 g/mol. The number of anilines is 1. The molecule has 0 saturated heterocycles. The lowest BCUT2D eigenvalue weighted by molar-refractivity contribution is 0.102. The van der Waals surface area contributed by atoms with Crippen LogP contribution in [-0.4, -0.2) is 15.9 Å². The van der Waals surface area contributed by atoms with Crippen molar-refractivity contribution in [3.8, 4) is 11.5 Å². The lowest BCUT2D eigenvalue weighted by atomic mass is 10.2. The number of H-pyrrole nitrogens is 1. The molecule has 5 nitrogen and oxygen atoms in total. The van der Waals surface area contributed by atoms with Gasteiger partial charge in [-0.1, -0.05) is 36.4 Å². The molecule has 0 aliphatic heterocycles. The Morgan fingerprint density at radius 3 is 2.88 bits per heavy atom. The molecule has 0 radical (unpaired) electrons. The van der Waals surface area contributed by atoms with Gasteiger partial charge in [-0.05, 0) is 18.2 Å². The number of rotatable bonds is 3. The van der Waals surface area contributed by atoms with Gasteiger partial charge in [-0.2, -0.15) is 0 Å². The number of carbonyl (C=O) groups is 1. The van der Waals surface area contributed by atoms with Gasteiger partial charge in [-0.3, -0.25) is 10.1 Å². The number of hydrogen-bond acceptors (Lipinski definition) is 4. The fourth-order valence-corrected chi connectivity index (χ4v) is 3.67. The highest BCUT2D eigenvalue weighted by Gasteiger charge is 2.15. The first-order valence-corrected chi connectivity index (χ1v) is 8.98. The first-order valence-electron chi connectivity index (χ1n) is 8.10. The molecule has 3 heterocycles. The van der Waals surface area contributed by atoms with E-state index in [9.17, 15) is 4.79 Å². The second kappa shape index (κ2) is 5.86. The van der Waals surface area contributed by atoms with E-state index in [2.05, 4.69) is 15.3 Å². The molecule has 1 amide bonds. The molecule has 0 aliphatic rings. The minimum absolute atomic E-state index is 0.187. The number of hydrogen-bond donors (Lipinski definition) is 2. The van der Waals surface area contributed by atoms with Gasteiger partial charge in [0, 0.05) is 27.9 Å². The standard InChI is InChI=1S/C20H13N3O2S/c24-19(14-10-21-15-7-3-2-6-13(14)15)23-20-22-16(11-26-20)18-9-12-5-1-4-8-17(12)25-18/h1-11,21H,(H,22,23,24). The zero-order valence-electron chi connectivity index (χ0n) is 13.5. The number of aromatic nitrogens is 2. The van der Waals surface area contributed by atoms with Crippen molar-refractivity contribution >= 4 is 44.2 Å². The minimum atomic E-state index is -0.187. The highest BCUT2D eigenvalue weighted by molar-refractivity contribution is 7.14. The molecule has 2 N–H and O–H groups in total. The van der Waals surface area contributed by atoms with E-state index in [1.165, 1.54) is 11.3 Å². The first kappa shape index (κ1) is 14.9. The van der Waals surface area contributed by atoms with Crippen LogP contribution in [0.4, 0.5) is 5.13 Å². The van der Waals surface area contributed by atoms with E-state index in [1.54, 1.807) is 6.20 Å². The lowest BCUT2D eigenvalue weighted by Gasteiger charge is -1.99. The van der Waals surface area contributed by atoms with E-state index in [-0.39, 0.29) is 5.91 Å². The van der Waals surface area contributed by atoms with E-state index in [4.69, 9.17) is 4.42 Å². The summed E-state index contributed by atoms with van der Waals surface area (Å²) in [7, 11) is 0. The van der Waals surface area contributed by atoms with Crippen LogP contribution in [0, 0.1) is 0 Å². The summed E-state index contributed by atoms with van der Waals surface area (Å²) in [5.74, 6) is 0.503. The van der Waals surface area contributed by atoms with Crippen LogP contribution >= 0.6 is 11.3 Å². The molecule has 0 saturated carbocycles. The molecule has 0 spiro atoms. The molecule has 126 valence electrons. The second-order valence-corrected chi connectivity index (χ2v) is 6.75. The predicted octanol–water partition coefficient (Wildman–Crippen LogP) is 5.29. The number of benzene rings is 2. The third-order valence-corrected chi connectivity index (χ3v) is 4.99. The van der Waals surface area contributed by atoms with Crippen LogP contribution in [0.5, 0.6) is 0 Å². The summed E-state index contributed by atoms with van der Waals surface area (Å²) < 4.78 is 5.83. The van der Waals surface area contributed by atoms with Gasteiger partial charge < -0.3 is 9.40 Å². The zero-order chi connectivity index (χ0) is 17.5. The van der Waals surface area contributed by atoms with Gasteiger partial charge in [0.25, 0.3) is 5.91 Å². The molecule has 3 aromatic heterocycles. The molecule has 0 bridgehead atoms. The van der Waals surface area contributed by atoms with Crippen molar-refractivity contribution in [2.75, 3.05) is 5.32 Å². The molecule has 0 fully saturated rings. The van der Waals surface area contributed by atoms with Gasteiger partial charge in [0.15, 0.2) is 10.9 Å². The van der Waals surface area contributed by atoms with Crippen molar-refractivity contribution in [2.45, 2.75) is 0 Å². The molecule has 2 aromatic carbocycles. The Balaban J connectivity index is 1.42. The number of furan rings is 1. The van der Waals surface area contributed by atoms with Gasteiger partial charge in [-0.15, -0.1) is 11.3 Å². The third-order valence-electron chi connectivity index (χ3n) is 4.24. The summed E-state index contributed by atoms with van der Waals surface area (Å²) in [6.45, 7) is 0. The van der Waals surface area contributed by atoms with Crippen LogP contribution in [0.2, 0.25) is 0 Å². The summed E-state index contributed by atoms with van der Waals surface area (Å²) in [6, 6.07) is 17.5. The quantitative estimate of drug-likeness (QED) is 0.460. The average Bonchev–Trinajstić information content (AvgIpc) is 3.38. The summed E-state index contributed by atoms with van der Waals surface area (Å²) in [6.07, 6.45) is 1.72. The number of para-hydroxylation sites is 2. The summed E-state index contributed by atoms with van der Waals surface area (Å²) in [5, 5.41) is 7.20.